The molecule has 0 bridgehead atoms. The van der Waals surface area contributed by atoms with Crippen LogP contribution in [-0.4, -0.2) is 16.3 Å². The quantitative estimate of drug-likeness (QED) is 0.878. The van der Waals surface area contributed by atoms with Gasteiger partial charge in [0, 0.05) is 30.5 Å². The van der Waals surface area contributed by atoms with Crippen LogP contribution >= 0.6 is 0 Å². The van der Waals surface area contributed by atoms with Crippen molar-refractivity contribution in [3.05, 3.63) is 48.0 Å². The monoisotopic (exact) mass is 271 g/mol. The molecule has 0 saturated carbocycles. The van der Waals surface area contributed by atoms with E-state index in [1.165, 1.54) is 18.5 Å². The van der Waals surface area contributed by atoms with E-state index in [0.717, 1.165) is 5.69 Å². The summed E-state index contributed by atoms with van der Waals surface area (Å²) >= 11 is 0. The number of imidazole rings is 1. The number of aromatic amines is 1. The molecule has 0 spiro atoms. The molecule has 7 heteroatoms. The second-order valence-electron chi connectivity index (χ2n) is 3.84. The minimum absolute atomic E-state index is 0.188. The Morgan fingerprint density at radius 1 is 1.21 bits per heavy atom. The molecule has 0 fully saturated rings. The van der Waals surface area contributed by atoms with Gasteiger partial charge in [-0.25, -0.2) is 4.98 Å². The second-order valence-corrected chi connectivity index (χ2v) is 3.84. The second kappa shape index (κ2) is 5.75. The van der Waals surface area contributed by atoms with Crippen molar-refractivity contribution in [2.24, 2.45) is 0 Å². The Balaban J connectivity index is 1.96. The zero-order chi connectivity index (χ0) is 13.7. The van der Waals surface area contributed by atoms with E-state index < -0.39 is 6.36 Å². The highest BCUT2D eigenvalue weighted by atomic mass is 19.4. The number of nitrogens with zero attached hydrogens (tertiary/aromatic N) is 1. The molecule has 0 aliphatic rings. The van der Waals surface area contributed by atoms with Crippen LogP contribution < -0.4 is 10.1 Å². The number of benzene rings is 1. The highest BCUT2D eigenvalue weighted by molar-refractivity contribution is 5.33. The Morgan fingerprint density at radius 2 is 2.00 bits per heavy atom. The van der Waals surface area contributed by atoms with Gasteiger partial charge in [0.25, 0.3) is 0 Å². The molecule has 1 aromatic carbocycles. The van der Waals surface area contributed by atoms with Crippen molar-refractivity contribution < 1.29 is 17.9 Å². The Labute approximate surface area is 107 Å². The summed E-state index contributed by atoms with van der Waals surface area (Å²) in [7, 11) is 0. The largest absolute Gasteiger partial charge is 0.573 e. The lowest BCUT2D eigenvalue weighted by atomic mass is 10.2. The maximum absolute atomic E-state index is 12.2. The van der Waals surface area contributed by atoms with Gasteiger partial charge in [-0.3, -0.25) is 0 Å². The van der Waals surface area contributed by atoms with E-state index in [1.807, 2.05) is 0 Å². The van der Waals surface area contributed by atoms with Gasteiger partial charge in [0.2, 0.25) is 0 Å². The van der Waals surface area contributed by atoms with Crippen LogP contribution in [0.3, 0.4) is 0 Å². The van der Waals surface area contributed by atoms with E-state index in [2.05, 4.69) is 20.0 Å². The van der Waals surface area contributed by atoms with Crippen molar-refractivity contribution in [2.75, 3.05) is 0 Å². The van der Waals surface area contributed by atoms with Crippen LogP contribution in [-0.2, 0) is 13.1 Å². The predicted molar refractivity (Wildman–Crippen MR) is 62.3 cm³/mol. The normalized spacial score (nSPS) is 11.5. The summed E-state index contributed by atoms with van der Waals surface area (Å²) in [6, 6.07) is 6.04. The maximum atomic E-state index is 12.2. The Bertz CT molecular complexity index is 511. The first kappa shape index (κ1) is 13.4. The van der Waals surface area contributed by atoms with Gasteiger partial charge in [0.15, 0.2) is 0 Å². The zero-order valence-electron chi connectivity index (χ0n) is 9.87. The Morgan fingerprint density at radius 3 is 2.68 bits per heavy atom. The lowest BCUT2D eigenvalue weighted by Gasteiger charge is -2.13. The molecule has 0 unspecified atom stereocenters. The zero-order valence-corrected chi connectivity index (χ0v) is 9.87. The van der Waals surface area contributed by atoms with Gasteiger partial charge >= 0.3 is 6.36 Å². The van der Waals surface area contributed by atoms with Crippen molar-refractivity contribution in [1.29, 1.82) is 0 Å². The van der Waals surface area contributed by atoms with E-state index in [4.69, 9.17) is 0 Å². The number of ether oxygens (including phenoxy) is 1. The minimum atomic E-state index is -4.68. The van der Waals surface area contributed by atoms with E-state index in [1.54, 1.807) is 18.3 Å². The minimum Gasteiger partial charge on any atom is -0.405 e. The molecule has 0 radical (unpaired) electrons. The van der Waals surface area contributed by atoms with Crippen LogP contribution in [0.1, 0.15) is 11.3 Å². The number of nitrogens with one attached hydrogen (secondary N) is 2. The van der Waals surface area contributed by atoms with Crippen molar-refractivity contribution in [3.63, 3.8) is 0 Å². The van der Waals surface area contributed by atoms with Crippen molar-refractivity contribution in [2.45, 2.75) is 19.5 Å². The van der Waals surface area contributed by atoms with Crippen LogP contribution in [0.2, 0.25) is 0 Å². The van der Waals surface area contributed by atoms with Crippen molar-refractivity contribution >= 4 is 0 Å². The smallest absolute Gasteiger partial charge is 0.405 e. The standard InChI is InChI=1S/C12H12F3N3O/c13-12(14,15)19-11-4-2-1-3-9(11)5-16-6-10-7-17-8-18-10/h1-4,7-8,16H,5-6H2,(H,17,18). The van der Waals surface area contributed by atoms with Crippen LogP contribution in [0.25, 0.3) is 0 Å². The Kier molecular flexibility index (Phi) is 4.06. The molecule has 2 aromatic rings. The summed E-state index contributed by atoms with van der Waals surface area (Å²) in [5.41, 5.74) is 1.30. The maximum Gasteiger partial charge on any atom is 0.573 e. The fraction of sp³-hybridized carbons (Fsp3) is 0.250. The van der Waals surface area contributed by atoms with Gasteiger partial charge in [0.1, 0.15) is 5.75 Å². The number of halogens is 3. The highest BCUT2D eigenvalue weighted by Crippen LogP contribution is 2.26. The number of para-hydroxylation sites is 1. The topological polar surface area (TPSA) is 49.9 Å². The molecular weight excluding hydrogens is 259 g/mol. The van der Waals surface area contributed by atoms with Gasteiger partial charge in [-0.05, 0) is 6.07 Å². The van der Waals surface area contributed by atoms with Crippen LogP contribution in [0, 0.1) is 0 Å². The molecule has 4 nitrogen and oxygen atoms in total. The summed E-state index contributed by atoms with van der Waals surface area (Å²) in [6.45, 7) is 0.756. The summed E-state index contributed by atoms with van der Waals surface area (Å²) in [4.78, 5) is 6.74. The average molecular weight is 271 g/mol. The average Bonchev–Trinajstić information content (AvgIpc) is 2.82. The molecule has 0 amide bonds. The Hall–Kier alpha value is -2.02. The van der Waals surface area contributed by atoms with E-state index >= 15 is 0 Å². The number of rotatable bonds is 5. The van der Waals surface area contributed by atoms with Gasteiger partial charge < -0.3 is 15.0 Å². The number of H-pyrrole nitrogens is 1. The molecule has 0 aliphatic carbocycles. The molecule has 19 heavy (non-hydrogen) atoms. The number of aromatic nitrogens is 2. The molecule has 1 aromatic heterocycles. The van der Waals surface area contributed by atoms with Crippen LogP contribution in [0.5, 0.6) is 5.75 Å². The molecule has 0 aliphatic heterocycles. The molecule has 0 saturated heterocycles. The molecule has 2 N–H and O–H groups in total. The first-order chi connectivity index (χ1) is 9.04. The van der Waals surface area contributed by atoms with Crippen LogP contribution in [0.15, 0.2) is 36.8 Å². The fourth-order valence-electron chi connectivity index (χ4n) is 1.59. The van der Waals surface area contributed by atoms with Gasteiger partial charge in [-0.2, -0.15) is 0 Å². The summed E-state index contributed by atoms with van der Waals surface area (Å²) in [6.07, 6.45) is -1.50. The third kappa shape index (κ3) is 4.29. The molecule has 0 atom stereocenters. The van der Waals surface area contributed by atoms with E-state index in [-0.39, 0.29) is 12.3 Å². The van der Waals surface area contributed by atoms with Gasteiger partial charge in [-0.15, -0.1) is 13.2 Å². The third-order valence-electron chi connectivity index (χ3n) is 2.38. The van der Waals surface area contributed by atoms with Gasteiger partial charge in [-0.1, -0.05) is 18.2 Å². The summed E-state index contributed by atoms with van der Waals surface area (Å²) < 4.78 is 40.6. The number of hydrogen-bond acceptors (Lipinski definition) is 3. The number of hydrogen-bond donors (Lipinski definition) is 2. The third-order valence-corrected chi connectivity index (χ3v) is 2.38. The first-order valence-corrected chi connectivity index (χ1v) is 5.56. The number of alkyl halides is 3. The fourth-order valence-corrected chi connectivity index (χ4v) is 1.59. The highest BCUT2D eigenvalue weighted by Gasteiger charge is 2.31. The lowest BCUT2D eigenvalue weighted by molar-refractivity contribution is -0.274. The lowest BCUT2D eigenvalue weighted by Crippen LogP contribution is -2.20. The van der Waals surface area contributed by atoms with Crippen LogP contribution in [0.4, 0.5) is 13.2 Å². The molecule has 102 valence electrons. The van der Waals surface area contributed by atoms with Gasteiger partial charge in [0.05, 0.1) is 6.33 Å². The first-order valence-electron chi connectivity index (χ1n) is 5.56. The van der Waals surface area contributed by atoms with E-state index in [0.29, 0.717) is 12.1 Å². The summed E-state index contributed by atoms with van der Waals surface area (Å²) in [5, 5.41) is 3.01. The van der Waals surface area contributed by atoms with E-state index in [9.17, 15) is 13.2 Å². The summed E-state index contributed by atoms with van der Waals surface area (Å²) in [5.74, 6) is -0.188. The van der Waals surface area contributed by atoms with Crippen molar-refractivity contribution in [3.8, 4) is 5.75 Å². The SMILES string of the molecule is FC(F)(F)Oc1ccccc1CNCc1cnc[nH]1. The molecule has 1 heterocycles. The molecule has 2 rings (SSSR count). The molecular formula is C12H12F3N3O. The predicted octanol–water partition coefficient (Wildman–Crippen LogP) is 2.60. The van der Waals surface area contributed by atoms with Crippen molar-refractivity contribution in [1.82, 2.24) is 15.3 Å².